The largest absolute Gasteiger partial charge is 0.379 e. The normalized spacial score (nSPS) is 12.0. The van der Waals surface area contributed by atoms with Gasteiger partial charge in [0.05, 0.1) is 13.2 Å². The third-order valence-electron chi connectivity index (χ3n) is 2.35. The second-order valence-corrected chi connectivity index (χ2v) is 5.98. The minimum atomic E-state index is -3.81. The first-order valence-electron chi connectivity index (χ1n) is 5.90. The van der Waals surface area contributed by atoms with Gasteiger partial charge < -0.3 is 9.64 Å². The van der Waals surface area contributed by atoms with Crippen molar-refractivity contribution in [3.63, 3.8) is 0 Å². The van der Waals surface area contributed by atoms with Crippen LogP contribution in [0.3, 0.4) is 0 Å². The van der Waals surface area contributed by atoms with Crippen LogP contribution < -0.4 is 4.72 Å². The summed E-state index contributed by atoms with van der Waals surface area (Å²) in [6.45, 7) is 1.65. The SMILES string of the molecule is CN(C)CCOCCNS(=O)(=O)c1ccccc1F. The van der Waals surface area contributed by atoms with E-state index in [-0.39, 0.29) is 18.0 Å². The summed E-state index contributed by atoms with van der Waals surface area (Å²) < 4.78 is 44.4. The van der Waals surface area contributed by atoms with Gasteiger partial charge in [0.15, 0.2) is 0 Å². The van der Waals surface area contributed by atoms with E-state index in [2.05, 4.69) is 4.72 Å². The Labute approximate surface area is 113 Å². The molecule has 0 spiro atoms. The Morgan fingerprint density at radius 2 is 1.95 bits per heavy atom. The molecule has 1 aromatic carbocycles. The predicted octanol–water partition coefficient (Wildman–Crippen LogP) is 0.682. The Balaban J connectivity index is 2.38. The van der Waals surface area contributed by atoms with Crippen LogP contribution in [0.1, 0.15) is 0 Å². The maximum Gasteiger partial charge on any atom is 0.243 e. The van der Waals surface area contributed by atoms with Crippen LogP contribution in [0.2, 0.25) is 0 Å². The number of nitrogens with zero attached hydrogens (tertiary/aromatic N) is 1. The molecule has 0 aliphatic carbocycles. The zero-order chi connectivity index (χ0) is 14.3. The van der Waals surface area contributed by atoms with Gasteiger partial charge in [-0.2, -0.15) is 0 Å². The molecule has 0 amide bonds. The van der Waals surface area contributed by atoms with Crippen LogP contribution in [0.4, 0.5) is 4.39 Å². The molecule has 1 aromatic rings. The lowest BCUT2D eigenvalue weighted by molar-refractivity contribution is 0.122. The van der Waals surface area contributed by atoms with Crippen LogP contribution in [0.5, 0.6) is 0 Å². The van der Waals surface area contributed by atoms with Gasteiger partial charge in [-0.1, -0.05) is 12.1 Å². The van der Waals surface area contributed by atoms with Crippen molar-refractivity contribution >= 4 is 10.0 Å². The first-order chi connectivity index (χ1) is 8.93. The first kappa shape index (κ1) is 16.0. The van der Waals surface area contributed by atoms with Crippen LogP contribution in [0.15, 0.2) is 29.2 Å². The first-order valence-corrected chi connectivity index (χ1v) is 7.38. The standard InChI is InChI=1S/C12H19FN2O3S/c1-15(2)8-10-18-9-7-14-19(16,17)12-6-4-3-5-11(12)13/h3-6,14H,7-10H2,1-2H3. The number of benzene rings is 1. The lowest BCUT2D eigenvalue weighted by Gasteiger charge is -2.10. The highest BCUT2D eigenvalue weighted by atomic mass is 32.2. The number of hydrogen-bond donors (Lipinski definition) is 1. The Morgan fingerprint density at radius 3 is 2.58 bits per heavy atom. The van der Waals surface area contributed by atoms with E-state index in [0.717, 1.165) is 12.6 Å². The second-order valence-electron chi connectivity index (χ2n) is 4.24. The smallest absolute Gasteiger partial charge is 0.243 e. The highest BCUT2D eigenvalue weighted by Gasteiger charge is 2.17. The maximum atomic E-state index is 13.3. The van der Waals surface area contributed by atoms with E-state index in [1.165, 1.54) is 18.2 Å². The van der Waals surface area contributed by atoms with Crippen LogP contribution in [-0.4, -0.2) is 53.7 Å². The van der Waals surface area contributed by atoms with Crippen molar-refractivity contribution in [1.82, 2.24) is 9.62 Å². The van der Waals surface area contributed by atoms with Crippen molar-refractivity contribution in [3.05, 3.63) is 30.1 Å². The summed E-state index contributed by atoms with van der Waals surface area (Å²) in [4.78, 5) is 1.62. The van der Waals surface area contributed by atoms with Crippen molar-refractivity contribution in [1.29, 1.82) is 0 Å². The fourth-order valence-corrected chi connectivity index (χ4v) is 2.43. The molecule has 0 saturated carbocycles. The van der Waals surface area contributed by atoms with E-state index < -0.39 is 15.8 Å². The second kappa shape index (κ2) is 7.54. The quantitative estimate of drug-likeness (QED) is 0.715. The van der Waals surface area contributed by atoms with E-state index in [1.807, 2.05) is 19.0 Å². The van der Waals surface area contributed by atoms with Gasteiger partial charge in [0.25, 0.3) is 0 Å². The average Bonchev–Trinajstić information content (AvgIpc) is 2.33. The number of ether oxygens (including phenoxy) is 1. The number of likely N-dealkylation sites (N-methyl/N-ethyl adjacent to an activating group) is 1. The highest BCUT2D eigenvalue weighted by Crippen LogP contribution is 2.12. The molecule has 108 valence electrons. The molecule has 19 heavy (non-hydrogen) atoms. The summed E-state index contributed by atoms with van der Waals surface area (Å²) in [6, 6.07) is 5.26. The van der Waals surface area contributed by atoms with Gasteiger partial charge in [0, 0.05) is 13.1 Å². The van der Waals surface area contributed by atoms with E-state index in [1.54, 1.807) is 0 Å². The summed E-state index contributed by atoms with van der Waals surface area (Å²) in [6.07, 6.45) is 0. The molecule has 0 unspecified atom stereocenters. The summed E-state index contributed by atoms with van der Waals surface area (Å²) >= 11 is 0. The molecular formula is C12H19FN2O3S. The number of halogens is 1. The molecule has 0 atom stereocenters. The molecule has 1 rings (SSSR count). The average molecular weight is 290 g/mol. The molecule has 0 radical (unpaired) electrons. The number of nitrogens with one attached hydrogen (secondary N) is 1. The molecule has 0 aromatic heterocycles. The van der Waals surface area contributed by atoms with Crippen molar-refractivity contribution in [2.24, 2.45) is 0 Å². The molecule has 7 heteroatoms. The third-order valence-corrected chi connectivity index (χ3v) is 3.84. The van der Waals surface area contributed by atoms with Crippen molar-refractivity contribution in [2.45, 2.75) is 4.90 Å². The van der Waals surface area contributed by atoms with E-state index in [9.17, 15) is 12.8 Å². The summed E-state index contributed by atoms with van der Waals surface area (Å²) in [5.74, 6) is -0.761. The summed E-state index contributed by atoms with van der Waals surface area (Å²) in [7, 11) is 0.0319. The maximum absolute atomic E-state index is 13.3. The van der Waals surface area contributed by atoms with Gasteiger partial charge in [0.1, 0.15) is 10.7 Å². The Morgan fingerprint density at radius 1 is 1.26 bits per heavy atom. The molecule has 0 aliphatic heterocycles. The molecule has 0 heterocycles. The molecule has 5 nitrogen and oxygen atoms in total. The van der Waals surface area contributed by atoms with Gasteiger partial charge in [-0.25, -0.2) is 17.5 Å². The molecule has 1 N–H and O–H groups in total. The van der Waals surface area contributed by atoms with Crippen LogP contribution in [0.25, 0.3) is 0 Å². The zero-order valence-corrected chi connectivity index (χ0v) is 11.9. The number of sulfonamides is 1. The fourth-order valence-electron chi connectivity index (χ4n) is 1.34. The number of rotatable bonds is 8. The monoisotopic (exact) mass is 290 g/mol. The third kappa shape index (κ3) is 5.65. The fraction of sp³-hybridized carbons (Fsp3) is 0.500. The van der Waals surface area contributed by atoms with Gasteiger partial charge in [0.2, 0.25) is 10.0 Å². The Hall–Kier alpha value is -1.02. The minimum absolute atomic E-state index is 0.115. The van der Waals surface area contributed by atoms with Crippen molar-refractivity contribution in [3.8, 4) is 0 Å². The highest BCUT2D eigenvalue weighted by molar-refractivity contribution is 7.89. The van der Waals surface area contributed by atoms with E-state index in [0.29, 0.717) is 6.61 Å². The molecule has 0 aliphatic rings. The Kier molecular flexibility index (Phi) is 6.36. The molecular weight excluding hydrogens is 271 g/mol. The Bertz CT molecular complexity index is 492. The van der Waals surface area contributed by atoms with Crippen LogP contribution >= 0.6 is 0 Å². The minimum Gasteiger partial charge on any atom is -0.379 e. The molecule has 0 fully saturated rings. The van der Waals surface area contributed by atoms with Gasteiger partial charge >= 0.3 is 0 Å². The van der Waals surface area contributed by atoms with E-state index in [4.69, 9.17) is 4.74 Å². The van der Waals surface area contributed by atoms with Crippen LogP contribution in [0, 0.1) is 5.82 Å². The van der Waals surface area contributed by atoms with Crippen molar-refractivity contribution < 1.29 is 17.5 Å². The lowest BCUT2D eigenvalue weighted by Crippen LogP contribution is -2.29. The zero-order valence-electron chi connectivity index (χ0n) is 11.1. The van der Waals surface area contributed by atoms with E-state index >= 15 is 0 Å². The molecule has 0 saturated heterocycles. The van der Waals surface area contributed by atoms with Crippen LogP contribution in [-0.2, 0) is 14.8 Å². The summed E-state index contributed by atoms with van der Waals surface area (Å²) in [5, 5.41) is 0. The van der Waals surface area contributed by atoms with Crippen molar-refractivity contribution in [2.75, 3.05) is 40.4 Å². The topological polar surface area (TPSA) is 58.6 Å². The summed E-state index contributed by atoms with van der Waals surface area (Å²) in [5.41, 5.74) is 0. The van der Waals surface area contributed by atoms with Gasteiger partial charge in [-0.15, -0.1) is 0 Å². The predicted molar refractivity (Wildman–Crippen MR) is 71.0 cm³/mol. The lowest BCUT2D eigenvalue weighted by atomic mass is 10.4. The number of hydrogen-bond acceptors (Lipinski definition) is 4. The van der Waals surface area contributed by atoms with Gasteiger partial charge in [-0.3, -0.25) is 0 Å². The van der Waals surface area contributed by atoms with Gasteiger partial charge in [-0.05, 0) is 26.2 Å². The molecule has 0 bridgehead atoms.